The van der Waals surface area contributed by atoms with Crippen molar-refractivity contribution in [2.75, 3.05) is 27.9 Å². The van der Waals surface area contributed by atoms with Crippen LogP contribution in [0.15, 0.2) is 42.5 Å². The van der Waals surface area contributed by atoms with E-state index in [0.29, 0.717) is 30.3 Å². The number of ether oxygens (including phenoxy) is 3. The number of aliphatic hydroxyl groups is 1. The molecule has 1 atom stereocenters. The molecule has 0 aliphatic carbocycles. The molecule has 2 aromatic carbocycles. The zero-order valence-corrected chi connectivity index (χ0v) is 14.9. The fraction of sp³-hybridized carbons (Fsp3) is 0.333. The number of rotatable bonds is 8. The predicted molar refractivity (Wildman–Crippen MR) is 96.5 cm³/mol. The van der Waals surface area contributed by atoms with Crippen LogP contribution in [0.25, 0.3) is 0 Å². The monoisotopic (exact) mass is 353 g/mol. The third-order valence-corrected chi connectivity index (χ3v) is 3.58. The molecule has 0 heterocycles. The van der Waals surface area contributed by atoms with Gasteiger partial charge in [0.15, 0.2) is 11.5 Å². The van der Waals surface area contributed by atoms with Crippen LogP contribution < -0.4 is 19.5 Å². The van der Waals surface area contributed by atoms with Crippen LogP contribution in [0, 0.1) is 0 Å². The highest BCUT2D eigenvalue weighted by Crippen LogP contribution is 2.38. The maximum absolute atomic E-state index is 10.2. The normalized spacial score (nSPS) is 11.3. The zero-order chi connectivity index (χ0) is 16.7. The van der Waals surface area contributed by atoms with E-state index in [0.717, 1.165) is 11.1 Å². The molecule has 2 rings (SSSR count). The maximum Gasteiger partial charge on any atom is 0.203 e. The van der Waals surface area contributed by atoms with E-state index < -0.39 is 6.10 Å². The Morgan fingerprint density at radius 3 is 2.04 bits per heavy atom. The highest BCUT2D eigenvalue weighted by molar-refractivity contribution is 5.85. The third-order valence-electron chi connectivity index (χ3n) is 3.58. The second kappa shape index (κ2) is 10.0. The Labute approximate surface area is 149 Å². The Morgan fingerprint density at radius 2 is 1.54 bits per heavy atom. The van der Waals surface area contributed by atoms with Gasteiger partial charge in [0, 0.05) is 13.1 Å². The molecule has 6 heteroatoms. The lowest BCUT2D eigenvalue weighted by Crippen LogP contribution is -2.21. The number of aliphatic hydroxyl groups excluding tert-OH is 1. The number of benzene rings is 2. The van der Waals surface area contributed by atoms with Gasteiger partial charge in [-0.1, -0.05) is 30.3 Å². The summed E-state index contributed by atoms with van der Waals surface area (Å²) in [4.78, 5) is 0. The van der Waals surface area contributed by atoms with Crippen LogP contribution in [0.3, 0.4) is 0 Å². The quantitative estimate of drug-likeness (QED) is 0.764. The van der Waals surface area contributed by atoms with Gasteiger partial charge in [-0.2, -0.15) is 0 Å². The summed E-state index contributed by atoms with van der Waals surface area (Å²) in [5.74, 6) is 1.81. The topological polar surface area (TPSA) is 60.0 Å². The largest absolute Gasteiger partial charge is 0.493 e. The molecule has 0 aliphatic rings. The van der Waals surface area contributed by atoms with Gasteiger partial charge >= 0.3 is 0 Å². The van der Waals surface area contributed by atoms with Gasteiger partial charge in [0.1, 0.15) is 0 Å². The summed E-state index contributed by atoms with van der Waals surface area (Å²) >= 11 is 0. The molecular formula is C18H24ClNO4. The van der Waals surface area contributed by atoms with Gasteiger partial charge in [0.25, 0.3) is 0 Å². The van der Waals surface area contributed by atoms with Crippen molar-refractivity contribution in [3.63, 3.8) is 0 Å². The van der Waals surface area contributed by atoms with Crippen molar-refractivity contribution >= 4 is 12.4 Å². The second-order valence-electron chi connectivity index (χ2n) is 5.09. The van der Waals surface area contributed by atoms with Gasteiger partial charge in [-0.15, -0.1) is 12.4 Å². The predicted octanol–water partition coefficient (Wildman–Crippen LogP) is 2.96. The Balaban J connectivity index is 0.00000288. The molecule has 5 nitrogen and oxygen atoms in total. The van der Waals surface area contributed by atoms with Crippen molar-refractivity contribution in [3.05, 3.63) is 53.6 Å². The van der Waals surface area contributed by atoms with Crippen LogP contribution in [-0.2, 0) is 6.54 Å². The van der Waals surface area contributed by atoms with Gasteiger partial charge in [0.2, 0.25) is 5.75 Å². The Morgan fingerprint density at radius 1 is 0.958 bits per heavy atom. The molecule has 0 saturated heterocycles. The average Bonchev–Trinajstić information content (AvgIpc) is 2.61. The summed E-state index contributed by atoms with van der Waals surface area (Å²) in [6.45, 7) is 1.04. The SMILES string of the molecule is COc1cc(CNCC(O)c2ccccc2)cc(OC)c1OC.Cl. The second-order valence-corrected chi connectivity index (χ2v) is 5.09. The fourth-order valence-corrected chi connectivity index (χ4v) is 2.38. The Hall–Kier alpha value is -1.95. The number of hydrogen-bond donors (Lipinski definition) is 2. The standard InChI is InChI=1S/C18H23NO4.ClH/c1-21-16-9-13(10-17(22-2)18(16)23-3)11-19-12-15(20)14-7-5-4-6-8-14;/h4-10,15,19-20H,11-12H2,1-3H3;1H. The van der Waals surface area contributed by atoms with Crippen molar-refractivity contribution in [3.8, 4) is 17.2 Å². The van der Waals surface area contributed by atoms with Crippen molar-refractivity contribution in [1.82, 2.24) is 5.32 Å². The van der Waals surface area contributed by atoms with E-state index in [1.807, 2.05) is 42.5 Å². The molecule has 0 fully saturated rings. The smallest absolute Gasteiger partial charge is 0.203 e. The molecule has 0 bridgehead atoms. The molecule has 1 unspecified atom stereocenters. The molecule has 0 radical (unpaired) electrons. The first-order valence-corrected chi connectivity index (χ1v) is 7.42. The van der Waals surface area contributed by atoms with Crippen LogP contribution in [0.4, 0.5) is 0 Å². The zero-order valence-electron chi connectivity index (χ0n) is 14.1. The van der Waals surface area contributed by atoms with Crippen LogP contribution in [0.5, 0.6) is 17.2 Å². The van der Waals surface area contributed by atoms with Crippen LogP contribution in [-0.4, -0.2) is 33.0 Å². The van der Waals surface area contributed by atoms with Crippen LogP contribution in [0.2, 0.25) is 0 Å². The van der Waals surface area contributed by atoms with E-state index >= 15 is 0 Å². The highest BCUT2D eigenvalue weighted by atomic mass is 35.5. The molecule has 0 saturated carbocycles. The fourth-order valence-electron chi connectivity index (χ4n) is 2.38. The average molecular weight is 354 g/mol. The molecule has 132 valence electrons. The molecule has 2 aromatic rings. The highest BCUT2D eigenvalue weighted by Gasteiger charge is 2.13. The van der Waals surface area contributed by atoms with E-state index in [-0.39, 0.29) is 12.4 Å². The van der Waals surface area contributed by atoms with E-state index in [1.54, 1.807) is 21.3 Å². The first kappa shape index (κ1) is 20.1. The van der Waals surface area contributed by atoms with E-state index in [9.17, 15) is 5.11 Å². The lowest BCUT2D eigenvalue weighted by molar-refractivity contribution is 0.174. The van der Waals surface area contributed by atoms with Gasteiger partial charge in [-0.25, -0.2) is 0 Å². The number of methoxy groups -OCH3 is 3. The van der Waals surface area contributed by atoms with Gasteiger partial charge in [0.05, 0.1) is 27.4 Å². The Kier molecular flexibility index (Phi) is 8.40. The summed E-state index contributed by atoms with van der Waals surface area (Å²) in [6.07, 6.45) is -0.543. The van der Waals surface area contributed by atoms with Crippen LogP contribution in [0.1, 0.15) is 17.2 Å². The third kappa shape index (κ3) is 5.03. The molecule has 0 aliphatic heterocycles. The lowest BCUT2D eigenvalue weighted by atomic mass is 10.1. The number of nitrogens with one attached hydrogen (secondary N) is 1. The first-order chi connectivity index (χ1) is 11.2. The molecule has 2 N–H and O–H groups in total. The van der Waals surface area contributed by atoms with Gasteiger partial charge in [-0.05, 0) is 23.3 Å². The number of halogens is 1. The van der Waals surface area contributed by atoms with Crippen LogP contribution >= 0.6 is 12.4 Å². The lowest BCUT2D eigenvalue weighted by Gasteiger charge is -2.15. The van der Waals surface area contributed by atoms with Gasteiger partial charge in [-0.3, -0.25) is 0 Å². The Bertz CT molecular complexity index is 597. The molecule has 0 aromatic heterocycles. The summed E-state index contributed by atoms with van der Waals surface area (Å²) in [5.41, 5.74) is 1.88. The number of hydrogen-bond acceptors (Lipinski definition) is 5. The minimum absolute atomic E-state index is 0. The summed E-state index contributed by atoms with van der Waals surface area (Å²) in [6, 6.07) is 13.4. The van der Waals surface area contributed by atoms with E-state index in [1.165, 1.54) is 0 Å². The van der Waals surface area contributed by atoms with Gasteiger partial charge < -0.3 is 24.6 Å². The van der Waals surface area contributed by atoms with Crippen molar-refractivity contribution in [1.29, 1.82) is 0 Å². The maximum atomic E-state index is 10.2. The summed E-state index contributed by atoms with van der Waals surface area (Å²) in [7, 11) is 4.76. The summed E-state index contributed by atoms with van der Waals surface area (Å²) < 4.78 is 16.0. The van der Waals surface area contributed by atoms with E-state index in [2.05, 4.69) is 5.32 Å². The first-order valence-electron chi connectivity index (χ1n) is 7.42. The molecule has 24 heavy (non-hydrogen) atoms. The summed E-state index contributed by atoms with van der Waals surface area (Å²) in [5, 5.41) is 13.4. The van der Waals surface area contributed by atoms with Crippen molar-refractivity contribution < 1.29 is 19.3 Å². The molecule has 0 spiro atoms. The minimum Gasteiger partial charge on any atom is -0.493 e. The minimum atomic E-state index is -0.543. The van der Waals surface area contributed by atoms with Crippen molar-refractivity contribution in [2.45, 2.75) is 12.6 Å². The van der Waals surface area contributed by atoms with Crippen molar-refractivity contribution in [2.24, 2.45) is 0 Å². The molecule has 0 amide bonds. The molecular weight excluding hydrogens is 330 g/mol. The van der Waals surface area contributed by atoms with E-state index in [4.69, 9.17) is 14.2 Å².